The lowest BCUT2D eigenvalue weighted by atomic mass is 9.97. The fourth-order valence-corrected chi connectivity index (χ4v) is 4.59. The van der Waals surface area contributed by atoms with Gasteiger partial charge in [-0.2, -0.15) is 5.26 Å². The van der Waals surface area contributed by atoms with E-state index in [4.69, 9.17) is 10.5 Å². The number of anilines is 2. The maximum Gasteiger partial charge on any atom is 0.322 e. The highest BCUT2D eigenvalue weighted by Gasteiger charge is 2.28. The number of nitrogens with one attached hydrogen (secondary N) is 1. The molecule has 5 aromatic rings. The summed E-state index contributed by atoms with van der Waals surface area (Å²) in [6, 6.07) is 9.41. The third-order valence-electron chi connectivity index (χ3n) is 6.48. The number of nitriles is 1. The second kappa shape index (κ2) is 10.7. The lowest BCUT2D eigenvalue weighted by Crippen LogP contribution is -2.12. The van der Waals surface area contributed by atoms with Crippen LogP contribution in [0.2, 0.25) is 0 Å². The van der Waals surface area contributed by atoms with Crippen LogP contribution in [0.1, 0.15) is 18.2 Å². The summed E-state index contributed by atoms with van der Waals surface area (Å²) in [4.78, 5) is 24.2. The highest BCUT2D eigenvalue weighted by atomic mass is 19.1. The summed E-state index contributed by atoms with van der Waals surface area (Å²) < 4.78 is 53.7. The number of aromatic nitrogens is 4. The number of nitrogen functional groups attached to an aromatic ring is 1. The number of fused-ring (bicyclic) bond motifs is 1. The minimum absolute atomic E-state index is 0.0379. The summed E-state index contributed by atoms with van der Waals surface area (Å²) in [7, 11) is 1.50. The van der Waals surface area contributed by atoms with E-state index in [1.54, 1.807) is 13.0 Å². The number of benzene rings is 2. The van der Waals surface area contributed by atoms with Crippen molar-refractivity contribution in [1.29, 1.82) is 5.26 Å². The third-order valence-corrected chi connectivity index (χ3v) is 6.48. The second-order valence-corrected chi connectivity index (χ2v) is 9.45. The molecular weight excluding hydrogens is 547 g/mol. The quantitative estimate of drug-likeness (QED) is 0.233. The number of hydrogen-bond acceptors (Lipinski definition) is 7. The standard InChI is InChI=1S/C30H22F3N7O2/c1-14(2)29(41)39-18-10-20(32)24(21(33)11-18)27-23(25-26(40(27)4)17(12-34)13-37-28(25)35)16-5-6-22(19(31)9-16)42-30-36-8-7-15(3)38-30/h5-11,13H,1H2,2-4H3,(H2,35,37)(H,39,41). The largest absolute Gasteiger partial charge is 0.421 e. The Bertz CT molecular complexity index is 1960. The van der Waals surface area contributed by atoms with Gasteiger partial charge in [-0.25, -0.2) is 28.1 Å². The molecule has 12 heteroatoms. The molecule has 9 nitrogen and oxygen atoms in total. The van der Waals surface area contributed by atoms with Gasteiger partial charge in [-0.1, -0.05) is 12.6 Å². The van der Waals surface area contributed by atoms with Crippen LogP contribution in [-0.2, 0) is 11.8 Å². The van der Waals surface area contributed by atoms with Crippen LogP contribution in [0, 0.1) is 35.7 Å². The summed E-state index contributed by atoms with van der Waals surface area (Å²) in [5.41, 5.74) is 6.95. The lowest BCUT2D eigenvalue weighted by molar-refractivity contribution is -0.112. The van der Waals surface area contributed by atoms with Crippen molar-refractivity contribution in [2.24, 2.45) is 7.05 Å². The van der Waals surface area contributed by atoms with Crippen LogP contribution in [0.15, 0.2) is 60.9 Å². The number of pyridine rings is 1. The van der Waals surface area contributed by atoms with Gasteiger partial charge in [0.2, 0.25) is 0 Å². The van der Waals surface area contributed by atoms with Crippen LogP contribution in [0.4, 0.5) is 24.7 Å². The monoisotopic (exact) mass is 569 g/mol. The first-order valence-electron chi connectivity index (χ1n) is 12.4. The summed E-state index contributed by atoms with van der Waals surface area (Å²) in [6.07, 6.45) is 2.71. The molecule has 3 N–H and O–H groups in total. The van der Waals surface area contributed by atoms with Crippen molar-refractivity contribution < 1.29 is 22.7 Å². The average Bonchev–Trinajstić information content (AvgIpc) is 3.23. The van der Waals surface area contributed by atoms with Crippen LogP contribution in [0.25, 0.3) is 33.3 Å². The van der Waals surface area contributed by atoms with Crippen LogP contribution >= 0.6 is 0 Å². The topological polar surface area (TPSA) is 132 Å². The molecule has 0 spiro atoms. The third kappa shape index (κ3) is 4.88. The van der Waals surface area contributed by atoms with Gasteiger partial charge < -0.3 is 20.4 Å². The molecular formula is C30H22F3N7O2. The average molecular weight is 570 g/mol. The van der Waals surface area contributed by atoms with Crippen molar-refractivity contribution in [2.45, 2.75) is 13.8 Å². The molecule has 0 bridgehead atoms. The maximum atomic E-state index is 15.7. The van der Waals surface area contributed by atoms with E-state index in [-0.39, 0.29) is 62.1 Å². The Morgan fingerprint density at radius 1 is 1.10 bits per heavy atom. The molecule has 0 aliphatic heterocycles. The van der Waals surface area contributed by atoms with Crippen molar-refractivity contribution in [1.82, 2.24) is 19.5 Å². The van der Waals surface area contributed by atoms with E-state index in [2.05, 4.69) is 26.8 Å². The van der Waals surface area contributed by atoms with Crippen molar-refractivity contribution in [3.05, 3.63) is 89.7 Å². The summed E-state index contributed by atoms with van der Waals surface area (Å²) in [5.74, 6) is -3.71. The van der Waals surface area contributed by atoms with Crippen LogP contribution < -0.4 is 15.8 Å². The van der Waals surface area contributed by atoms with E-state index in [9.17, 15) is 10.1 Å². The van der Waals surface area contributed by atoms with Crippen LogP contribution in [-0.4, -0.2) is 25.4 Å². The van der Waals surface area contributed by atoms with Gasteiger partial charge in [0.05, 0.1) is 27.7 Å². The van der Waals surface area contributed by atoms with Gasteiger partial charge in [0.25, 0.3) is 5.91 Å². The molecule has 0 atom stereocenters. The number of nitrogens with two attached hydrogens (primary N) is 1. The highest BCUT2D eigenvalue weighted by Crippen LogP contribution is 2.45. The molecule has 0 aliphatic rings. The van der Waals surface area contributed by atoms with E-state index in [1.165, 1.54) is 43.1 Å². The van der Waals surface area contributed by atoms with E-state index >= 15 is 13.2 Å². The number of nitrogens with zero attached hydrogens (tertiary/aromatic N) is 5. The van der Waals surface area contributed by atoms with Crippen molar-refractivity contribution in [3.63, 3.8) is 0 Å². The number of carbonyl (C=O) groups excluding carboxylic acids is 1. The normalized spacial score (nSPS) is 10.9. The predicted octanol–water partition coefficient (Wildman–Crippen LogP) is 6.18. The molecule has 210 valence electrons. The highest BCUT2D eigenvalue weighted by molar-refractivity contribution is 6.11. The smallest absolute Gasteiger partial charge is 0.322 e. The van der Waals surface area contributed by atoms with E-state index in [1.807, 2.05) is 6.07 Å². The molecule has 0 saturated heterocycles. The first-order valence-corrected chi connectivity index (χ1v) is 12.4. The minimum Gasteiger partial charge on any atom is -0.421 e. The molecule has 0 aliphatic carbocycles. The number of ether oxygens (including phenoxy) is 1. The molecule has 1 amide bonds. The van der Waals surface area contributed by atoms with Gasteiger partial charge in [-0.3, -0.25) is 4.79 Å². The Morgan fingerprint density at radius 2 is 1.81 bits per heavy atom. The van der Waals surface area contributed by atoms with Crippen molar-refractivity contribution in [2.75, 3.05) is 11.1 Å². The van der Waals surface area contributed by atoms with Crippen molar-refractivity contribution in [3.8, 4) is 40.2 Å². The second-order valence-electron chi connectivity index (χ2n) is 9.45. The SMILES string of the molecule is C=C(C)C(=O)Nc1cc(F)c(-c2c(-c3ccc(Oc4nccc(C)n4)c(F)c3)c3c(N)ncc(C#N)c3n2C)c(F)c1. The number of halogens is 3. The zero-order valence-corrected chi connectivity index (χ0v) is 22.6. The van der Waals surface area contributed by atoms with Gasteiger partial charge in [0.1, 0.15) is 23.5 Å². The molecule has 0 saturated carbocycles. The molecule has 0 unspecified atom stereocenters. The fraction of sp³-hybridized carbons (Fsp3) is 0.100. The van der Waals surface area contributed by atoms with Gasteiger partial charge in [0, 0.05) is 42.0 Å². The number of hydrogen-bond donors (Lipinski definition) is 2. The molecule has 42 heavy (non-hydrogen) atoms. The zero-order valence-electron chi connectivity index (χ0n) is 22.6. The molecule has 0 fully saturated rings. The van der Waals surface area contributed by atoms with Crippen molar-refractivity contribution >= 4 is 28.3 Å². The molecule has 3 aromatic heterocycles. The van der Waals surface area contributed by atoms with E-state index < -0.39 is 28.9 Å². The van der Waals surface area contributed by atoms with Gasteiger partial charge >= 0.3 is 6.01 Å². The number of aryl methyl sites for hydroxylation is 2. The molecule has 5 rings (SSSR count). The first kappa shape index (κ1) is 27.9. The zero-order chi connectivity index (χ0) is 30.3. The Kier molecular flexibility index (Phi) is 7.10. The Labute approximate surface area is 237 Å². The minimum atomic E-state index is -1.03. The Balaban J connectivity index is 1.74. The Morgan fingerprint density at radius 3 is 2.43 bits per heavy atom. The number of amides is 1. The lowest BCUT2D eigenvalue weighted by Gasteiger charge is -2.14. The Hall–Kier alpha value is -5.70. The summed E-state index contributed by atoms with van der Waals surface area (Å²) in [6.45, 7) is 6.69. The van der Waals surface area contributed by atoms with Crippen LogP contribution in [0.5, 0.6) is 11.8 Å². The summed E-state index contributed by atoms with van der Waals surface area (Å²) >= 11 is 0. The van der Waals surface area contributed by atoms with E-state index in [0.717, 1.165) is 18.2 Å². The summed E-state index contributed by atoms with van der Waals surface area (Å²) in [5, 5.41) is 12.4. The van der Waals surface area contributed by atoms with E-state index in [0.29, 0.717) is 5.69 Å². The number of carbonyl (C=O) groups is 1. The number of rotatable bonds is 6. The molecule has 3 heterocycles. The molecule has 2 aromatic carbocycles. The fourth-order valence-electron chi connectivity index (χ4n) is 4.59. The van der Waals surface area contributed by atoms with Gasteiger partial charge in [-0.05, 0) is 49.7 Å². The molecule has 0 radical (unpaired) electrons. The van der Waals surface area contributed by atoms with Crippen LogP contribution in [0.3, 0.4) is 0 Å². The van der Waals surface area contributed by atoms with Gasteiger partial charge in [0.15, 0.2) is 11.6 Å². The maximum absolute atomic E-state index is 15.7. The van der Waals surface area contributed by atoms with Gasteiger partial charge in [-0.15, -0.1) is 0 Å². The predicted molar refractivity (Wildman–Crippen MR) is 151 cm³/mol. The first-order chi connectivity index (χ1) is 20.0.